The molecule has 0 radical (unpaired) electrons. The van der Waals surface area contributed by atoms with Gasteiger partial charge in [-0.1, -0.05) is 37.5 Å². The minimum Gasteiger partial charge on any atom is -0.222 e. The molecular formula is C13H17NO2S. The van der Waals surface area contributed by atoms with Crippen LogP contribution in [0.15, 0.2) is 29.2 Å². The Hall–Kier alpha value is -1.34. The SMILES string of the molecule is CCCCC(C#N)S(=O)(=O)c1ccc(C)cc1. The van der Waals surface area contributed by atoms with E-state index in [0.717, 1.165) is 18.4 Å². The zero-order valence-electron chi connectivity index (χ0n) is 10.2. The fraction of sp³-hybridized carbons (Fsp3) is 0.462. The molecule has 0 aliphatic carbocycles. The van der Waals surface area contributed by atoms with Crippen LogP contribution in [-0.2, 0) is 9.84 Å². The van der Waals surface area contributed by atoms with Crippen molar-refractivity contribution in [3.05, 3.63) is 29.8 Å². The predicted molar refractivity (Wildman–Crippen MR) is 67.3 cm³/mol. The summed E-state index contributed by atoms with van der Waals surface area (Å²) in [7, 11) is -3.50. The number of benzene rings is 1. The van der Waals surface area contributed by atoms with Gasteiger partial charge >= 0.3 is 0 Å². The highest BCUT2D eigenvalue weighted by Crippen LogP contribution is 2.20. The third kappa shape index (κ3) is 3.31. The second-order valence-electron chi connectivity index (χ2n) is 4.12. The molecule has 17 heavy (non-hydrogen) atoms. The molecule has 0 saturated carbocycles. The predicted octanol–water partition coefficient (Wildman–Crippen LogP) is 2.85. The molecule has 0 aromatic heterocycles. The molecule has 0 aliphatic rings. The van der Waals surface area contributed by atoms with Crippen LogP contribution < -0.4 is 0 Å². The van der Waals surface area contributed by atoms with Crippen LogP contribution in [0.1, 0.15) is 31.7 Å². The van der Waals surface area contributed by atoms with Gasteiger partial charge in [0.05, 0.1) is 11.0 Å². The second kappa shape index (κ2) is 5.83. The Kier molecular flexibility index (Phi) is 4.71. The molecule has 0 heterocycles. The van der Waals surface area contributed by atoms with Crippen LogP contribution in [-0.4, -0.2) is 13.7 Å². The first-order valence-corrected chi connectivity index (χ1v) is 7.27. The fourth-order valence-electron chi connectivity index (χ4n) is 1.57. The van der Waals surface area contributed by atoms with E-state index >= 15 is 0 Å². The topological polar surface area (TPSA) is 57.9 Å². The van der Waals surface area contributed by atoms with Gasteiger partial charge in [0.15, 0.2) is 15.1 Å². The van der Waals surface area contributed by atoms with Crippen LogP contribution in [0.5, 0.6) is 0 Å². The standard InChI is InChI=1S/C13H17NO2S/c1-3-4-5-13(10-14)17(15,16)12-8-6-11(2)7-9-12/h6-9,13H,3-5H2,1-2H3. The van der Waals surface area contributed by atoms with Crippen molar-refractivity contribution in [2.45, 2.75) is 43.3 Å². The van der Waals surface area contributed by atoms with Crippen LogP contribution in [0.4, 0.5) is 0 Å². The van der Waals surface area contributed by atoms with Crippen molar-refractivity contribution in [2.75, 3.05) is 0 Å². The Morgan fingerprint density at radius 2 is 1.88 bits per heavy atom. The third-order valence-corrected chi connectivity index (χ3v) is 4.71. The average Bonchev–Trinajstić information content (AvgIpc) is 2.30. The minimum atomic E-state index is -3.50. The van der Waals surface area contributed by atoms with Gasteiger partial charge in [-0.2, -0.15) is 5.26 Å². The summed E-state index contributed by atoms with van der Waals surface area (Å²) in [6, 6.07) is 8.55. The van der Waals surface area contributed by atoms with Crippen LogP contribution in [0.2, 0.25) is 0 Å². The number of sulfone groups is 1. The first-order valence-electron chi connectivity index (χ1n) is 5.72. The molecule has 0 bridgehead atoms. The molecule has 0 N–H and O–H groups in total. The smallest absolute Gasteiger partial charge is 0.194 e. The minimum absolute atomic E-state index is 0.241. The molecule has 1 unspecified atom stereocenters. The quantitative estimate of drug-likeness (QED) is 0.808. The third-order valence-electron chi connectivity index (χ3n) is 2.69. The van der Waals surface area contributed by atoms with E-state index in [-0.39, 0.29) is 4.90 Å². The van der Waals surface area contributed by atoms with Crippen LogP contribution in [0, 0.1) is 18.3 Å². The molecule has 0 spiro atoms. The molecule has 1 rings (SSSR count). The van der Waals surface area contributed by atoms with Gasteiger partial charge in [-0.15, -0.1) is 0 Å². The van der Waals surface area contributed by atoms with Crippen molar-refractivity contribution >= 4 is 9.84 Å². The molecule has 1 aromatic rings. The maximum Gasteiger partial charge on any atom is 0.194 e. The van der Waals surface area contributed by atoms with Crippen molar-refractivity contribution in [3.63, 3.8) is 0 Å². The Bertz CT molecular complexity index is 497. The van der Waals surface area contributed by atoms with Gasteiger partial charge in [0.25, 0.3) is 0 Å². The Labute approximate surface area is 103 Å². The maximum atomic E-state index is 12.2. The van der Waals surface area contributed by atoms with Crippen molar-refractivity contribution in [1.82, 2.24) is 0 Å². The fourth-order valence-corrected chi connectivity index (χ4v) is 3.03. The van der Waals surface area contributed by atoms with E-state index in [1.165, 1.54) is 0 Å². The van der Waals surface area contributed by atoms with Gasteiger partial charge in [-0.3, -0.25) is 0 Å². The number of hydrogen-bond donors (Lipinski definition) is 0. The summed E-state index contributed by atoms with van der Waals surface area (Å²) in [5.74, 6) is 0. The summed E-state index contributed by atoms with van der Waals surface area (Å²) in [6.07, 6.45) is 2.05. The van der Waals surface area contributed by atoms with E-state index in [0.29, 0.717) is 6.42 Å². The van der Waals surface area contributed by atoms with Crippen molar-refractivity contribution in [1.29, 1.82) is 5.26 Å². The first-order chi connectivity index (χ1) is 8.02. The molecule has 1 atom stereocenters. The van der Waals surface area contributed by atoms with E-state index < -0.39 is 15.1 Å². The second-order valence-corrected chi connectivity index (χ2v) is 6.25. The summed E-state index contributed by atoms with van der Waals surface area (Å²) in [5, 5.41) is 8.05. The normalized spacial score (nSPS) is 13.0. The number of nitriles is 1. The molecule has 0 aliphatic heterocycles. The molecule has 3 nitrogen and oxygen atoms in total. The highest BCUT2D eigenvalue weighted by Gasteiger charge is 2.26. The lowest BCUT2D eigenvalue weighted by molar-refractivity contribution is 0.581. The molecule has 0 amide bonds. The number of rotatable bonds is 5. The number of aryl methyl sites for hydroxylation is 1. The summed E-state index contributed by atoms with van der Waals surface area (Å²) < 4.78 is 24.3. The molecule has 0 fully saturated rings. The molecular weight excluding hydrogens is 234 g/mol. The van der Waals surface area contributed by atoms with E-state index in [1.54, 1.807) is 24.3 Å². The van der Waals surface area contributed by atoms with Gasteiger partial charge in [0.1, 0.15) is 0 Å². The Morgan fingerprint density at radius 3 is 2.35 bits per heavy atom. The van der Waals surface area contributed by atoms with Gasteiger partial charge in [0.2, 0.25) is 0 Å². The zero-order valence-corrected chi connectivity index (χ0v) is 11.0. The van der Waals surface area contributed by atoms with Gasteiger partial charge in [-0.25, -0.2) is 8.42 Å². The van der Waals surface area contributed by atoms with Crippen molar-refractivity contribution < 1.29 is 8.42 Å². The van der Waals surface area contributed by atoms with Gasteiger partial charge in [-0.05, 0) is 25.5 Å². The average molecular weight is 251 g/mol. The monoisotopic (exact) mass is 251 g/mol. The number of unbranched alkanes of at least 4 members (excludes halogenated alkanes) is 1. The highest BCUT2D eigenvalue weighted by molar-refractivity contribution is 7.92. The lowest BCUT2D eigenvalue weighted by Gasteiger charge is -2.10. The van der Waals surface area contributed by atoms with Gasteiger partial charge in [0, 0.05) is 0 Å². The van der Waals surface area contributed by atoms with Crippen LogP contribution in [0.25, 0.3) is 0 Å². The summed E-state index contributed by atoms with van der Waals surface area (Å²) in [4.78, 5) is 0.241. The maximum absolute atomic E-state index is 12.2. The highest BCUT2D eigenvalue weighted by atomic mass is 32.2. The van der Waals surface area contributed by atoms with E-state index in [4.69, 9.17) is 5.26 Å². The summed E-state index contributed by atoms with van der Waals surface area (Å²) in [6.45, 7) is 3.88. The molecule has 4 heteroatoms. The van der Waals surface area contributed by atoms with Crippen LogP contribution >= 0.6 is 0 Å². The number of nitrogens with zero attached hydrogens (tertiary/aromatic N) is 1. The van der Waals surface area contributed by atoms with Crippen molar-refractivity contribution in [2.24, 2.45) is 0 Å². The zero-order chi connectivity index (χ0) is 12.9. The van der Waals surface area contributed by atoms with Crippen molar-refractivity contribution in [3.8, 4) is 6.07 Å². The van der Waals surface area contributed by atoms with Gasteiger partial charge < -0.3 is 0 Å². The van der Waals surface area contributed by atoms with Crippen LogP contribution in [0.3, 0.4) is 0 Å². The molecule has 1 aromatic carbocycles. The molecule has 0 saturated heterocycles. The summed E-state index contributed by atoms with van der Waals surface area (Å²) in [5.41, 5.74) is 1.01. The molecule has 92 valence electrons. The Morgan fingerprint density at radius 1 is 1.29 bits per heavy atom. The Balaban J connectivity index is 3.01. The van der Waals surface area contributed by atoms with E-state index in [9.17, 15) is 8.42 Å². The largest absolute Gasteiger partial charge is 0.222 e. The summed E-state index contributed by atoms with van der Waals surface area (Å²) >= 11 is 0. The number of hydrogen-bond acceptors (Lipinski definition) is 3. The van der Waals surface area contributed by atoms with E-state index in [2.05, 4.69) is 0 Å². The first kappa shape index (κ1) is 13.7. The lowest BCUT2D eigenvalue weighted by atomic mass is 10.2. The lowest BCUT2D eigenvalue weighted by Crippen LogP contribution is -2.19. The van der Waals surface area contributed by atoms with E-state index in [1.807, 2.05) is 19.9 Å².